The van der Waals surface area contributed by atoms with Crippen molar-refractivity contribution in [2.24, 2.45) is 0 Å². The van der Waals surface area contributed by atoms with Crippen LogP contribution in [0.2, 0.25) is 0 Å². The molecule has 2 rings (SSSR count). The summed E-state index contributed by atoms with van der Waals surface area (Å²) in [5.41, 5.74) is 1.29. The number of morpholine rings is 1. The fourth-order valence-electron chi connectivity index (χ4n) is 3.21. The Balaban J connectivity index is 1.63. The predicted octanol–water partition coefficient (Wildman–Crippen LogP) is 3.70. The van der Waals surface area contributed by atoms with Crippen LogP contribution in [0.1, 0.15) is 45.6 Å². The van der Waals surface area contributed by atoms with E-state index in [4.69, 9.17) is 14.2 Å². The van der Waals surface area contributed by atoms with Crippen molar-refractivity contribution in [2.75, 3.05) is 39.5 Å². The Morgan fingerprint density at radius 3 is 2.54 bits per heavy atom. The predicted molar refractivity (Wildman–Crippen MR) is 97.9 cm³/mol. The van der Waals surface area contributed by atoms with Gasteiger partial charge in [-0.3, -0.25) is 4.90 Å². The Morgan fingerprint density at radius 1 is 1.12 bits per heavy atom. The lowest BCUT2D eigenvalue weighted by molar-refractivity contribution is -0.0734. The van der Waals surface area contributed by atoms with E-state index in [9.17, 15) is 0 Å². The smallest absolute Gasteiger partial charge is 0.122 e. The highest BCUT2D eigenvalue weighted by atomic mass is 16.5. The lowest BCUT2D eigenvalue weighted by Crippen LogP contribution is -2.46. The summed E-state index contributed by atoms with van der Waals surface area (Å²) in [6.45, 7) is 13.6. The molecule has 1 fully saturated rings. The van der Waals surface area contributed by atoms with Gasteiger partial charge in [0.15, 0.2) is 0 Å². The maximum atomic E-state index is 5.93. The molecular weight excluding hydrogens is 302 g/mol. The van der Waals surface area contributed by atoms with Gasteiger partial charge in [0.2, 0.25) is 0 Å². The normalized spacial score (nSPS) is 23.2. The third-order valence-electron chi connectivity index (χ3n) is 4.59. The molecule has 4 heteroatoms. The molecule has 136 valence electrons. The van der Waals surface area contributed by atoms with Crippen LogP contribution in [-0.4, -0.2) is 56.6 Å². The molecule has 0 bridgehead atoms. The third kappa shape index (κ3) is 6.08. The first-order valence-corrected chi connectivity index (χ1v) is 9.27. The monoisotopic (exact) mass is 335 g/mol. The maximum absolute atomic E-state index is 5.93. The highest BCUT2D eigenvalue weighted by molar-refractivity contribution is 5.35. The summed E-state index contributed by atoms with van der Waals surface area (Å²) in [5.74, 6) is 1.51. The van der Waals surface area contributed by atoms with Crippen molar-refractivity contribution in [3.8, 4) is 5.75 Å². The second kappa shape index (κ2) is 10.0. The molecule has 0 radical (unpaired) electrons. The molecule has 1 aromatic carbocycles. The minimum Gasteiger partial charge on any atom is -0.491 e. The van der Waals surface area contributed by atoms with Crippen LogP contribution in [0.5, 0.6) is 5.75 Å². The molecule has 1 aromatic rings. The highest BCUT2D eigenvalue weighted by Gasteiger charge is 2.21. The average molecular weight is 335 g/mol. The highest BCUT2D eigenvalue weighted by Crippen LogP contribution is 2.28. The summed E-state index contributed by atoms with van der Waals surface area (Å²) < 4.78 is 17.4. The molecular formula is C20H33NO3. The molecule has 0 amide bonds. The van der Waals surface area contributed by atoms with E-state index >= 15 is 0 Å². The number of hydrogen-bond donors (Lipinski definition) is 0. The SMILES string of the molecule is CC[C@@H](C)c1ccccc1OCCOCCN1C[C@@H](C)O[C@@H](C)C1. The molecule has 0 spiro atoms. The Hall–Kier alpha value is -1.10. The van der Waals surface area contributed by atoms with E-state index in [-0.39, 0.29) is 0 Å². The second-order valence-corrected chi connectivity index (χ2v) is 6.82. The van der Waals surface area contributed by atoms with Gasteiger partial charge in [-0.05, 0) is 37.8 Å². The molecule has 3 atom stereocenters. The van der Waals surface area contributed by atoms with Crippen molar-refractivity contribution >= 4 is 0 Å². The number of rotatable bonds is 9. The quantitative estimate of drug-likeness (QED) is 0.644. The molecule has 0 N–H and O–H groups in total. The summed E-state index contributed by atoms with van der Waals surface area (Å²) in [6, 6.07) is 8.32. The van der Waals surface area contributed by atoms with Gasteiger partial charge >= 0.3 is 0 Å². The van der Waals surface area contributed by atoms with Crippen LogP contribution in [-0.2, 0) is 9.47 Å². The zero-order chi connectivity index (χ0) is 17.4. The molecule has 0 aromatic heterocycles. The molecule has 1 aliphatic heterocycles. The first-order valence-electron chi connectivity index (χ1n) is 9.27. The van der Waals surface area contributed by atoms with E-state index in [2.05, 4.69) is 50.8 Å². The summed E-state index contributed by atoms with van der Waals surface area (Å²) in [7, 11) is 0. The first-order chi connectivity index (χ1) is 11.6. The first kappa shape index (κ1) is 19.2. The lowest BCUT2D eigenvalue weighted by Gasteiger charge is -2.35. The number of nitrogens with zero attached hydrogens (tertiary/aromatic N) is 1. The topological polar surface area (TPSA) is 30.9 Å². The third-order valence-corrected chi connectivity index (χ3v) is 4.59. The molecule has 1 saturated heterocycles. The van der Waals surface area contributed by atoms with Gasteiger partial charge in [0.1, 0.15) is 12.4 Å². The van der Waals surface area contributed by atoms with Gasteiger partial charge in [-0.25, -0.2) is 0 Å². The van der Waals surface area contributed by atoms with Crippen LogP contribution in [0.25, 0.3) is 0 Å². The molecule has 0 saturated carbocycles. The standard InChI is InChI=1S/C20H33NO3/c1-5-16(2)19-8-6-7-9-20(19)23-13-12-22-11-10-21-14-17(3)24-18(4)15-21/h6-9,16-18H,5,10-15H2,1-4H3/t16-,17-,18+/m1/s1. The van der Waals surface area contributed by atoms with Crippen molar-refractivity contribution in [2.45, 2.75) is 52.2 Å². The summed E-state index contributed by atoms with van der Waals surface area (Å²) in [6.07, 6.45) is 1.75. The van der Waals surface area contributed by atoms with Crippen LogP contribution in [0, 0.1) is 0 Å². The number of para-hydroxylation sites is 1. The van der Waals surface area contributed by atoms with E-state index in [0.29, 0.717) is 31.3 Å². The van der Waals surface area contributed by atoms with E-state index in [1.807, 2.05) is 6.07 Å². The van der Waals surface area contributed by atoms with E-state index in [1.54, 1.807) is 0 Å². The van der Waals surface area contributed by atoms with Crippen LogP contribution >= 0.6 is 0 Å². The molecule has 0 unspecified atom stereocenters. The fourth-order valence-corrected chi connectivity index (χ4v) is 3.21. The average Bonchev–Trinajstić information content (AvgIpc) is 2.56. The van der Waals surface area contributed by atoms with Gasteiger partial charge in [0.05, 0.1) is 25.4 Å². The molecule has 1 heterocycles. The summed E-state index contributed by atoms with van der Waals surface area (Å²) >= 11 is 0. The van der Waals surface area contributed by atoms with Crippen molar-refractivity contribution in [1.29, 1.82) is 0 Å². The Kier molecular flexibility index (Phi) is 8.03. The Morgan fingerprint density at radius 2 is 1.83 bits per heavy atom. The minimum absolute atomic E-state index is 0.314. The van der Waals surface area contributed by atoms with Crippen LogP contribution in [0.4, 0.5) is 0 Å². The van der Waals surface area contributed by atoms with Gasteiger partial charge in [-0.15, -0.1) is 0 Å². The van der Waals surface area contributed by atoms with E-state index < -0.39 is 0 Å². The minimum atomic E-state index is 0.314. The zero-order valence-electron chi connectivity index (χ0n) is 15.7. The van der Waals surface area contributed by atoms with Gasteiger partial charge in [-0.2, -0.15) is 0 Å². The van der Waals surface area contributed by atoms with Crippen LogP contribution < -0.4 is 4.74 Å². The number of ether oxygens (including phenoxy) is 3. The summed E-state index contributed by atoms with van der Waals surface area (Å²) in [5, 5.41) is 0. The van der Waals surface area contributed by atoms with Crippen molar-refractivity contribution < 1.29 is 14.2 Å². The largest absolute Gasteiger partial charge is 0.491 e. The van der Waals surface area contributed by atoms with Crippen LogP contribution in [0.3, 0.4) is 0 Å². The molecule has 4 nitrogen and oxygen atoms in total. The number of benzene rings is 1. The molecule has 0 aliphatic carbocycles. The summed E-state index contributed by atoms with van der Waals surface area (Å²) in [4.78, 5) is 2.41. The van der Waals surface area contributed by atoms with Gasteiger partial charge < -0.3 is 14.2 Å². The Labute approximate surface area is 147 Å². The zero-order valence-corrected chi connectivity index (χ0v) is 15.7. The lowest BCUT2D eigenvalue weighted by atomic mass is 9.98. The van der Waals surface area contributed by atoms with Gasteiger partial charge in [0, 0.05) is 19.6 Å². The van der Waals surface area contributed by atoms with Crippen LogP contribution in [0.15, 0.2) is 24.3 Å². The number of hydrogen-bond acceptors (Lipinski definition) is 4. The Bertz CT molecular complexity index is 470. The van der Waals surface area contributed by atoms with Crippen molar-refractivity contribution in [1.82, 2.24) is 4.90 Å². The van der Waals surface area contributed by atoms with Crippen molar-refractivity contribution in [3.05, 3.63) is 29.8 Å². The second-order valence-electron chi connectivity index (χ2n) is 6.82. The van der Waals surface area contributed by atoms with E-state index in [1.165, 1.54) is 5.56 Å². The molecule has 1 aliphatic rings. The van der Waals surface area contributed by atoms with E-state index in [0.717, 1.165) is 38.4 Å². The maximum Gasteiger partial charge on any atom is 0.122 e. The van der Waals surface area contributed by atoms with Crippen molar-refractivity contribution in [3.63, 3.8) is 0 Å². The fraction of sp³-hybridized carbons (Fsp3) is 0.700. The van der Waals surface area contributed by atoms with Gasteiger partial charge in [-0.1, -0.05) is 32.0 Å². The van der Waals surface area contributed by atoms with Gasteiger partial charge in [0.25, 0.3) is 0 Å². The molecule has 24 heavy (non-hydrogen) atoms.